The highest BCUT2D eigenvalue weighted by molar-refractivity contribution is 8.03. The van der Waals surface area contributed by atoms with Crippen LogP contribution < -0.4 is 24.4 Å². The van der Waals surface area contributed by atoms with Crippen LogP contribution in [0.4, 0.5) is 17.6 Å². The van der Waals surface area contributed by atoms with Crippen LogP contribution >= 0.6 is 11.8 Å². The summed E-state index contributed by atoms with van der Waals surface area (Å²) in [4.78, 5) is 20.5. The summed E-state index contributed by atoms with van der Waals surface area (Å²) in [7, 11) is 1.34. The van der Waals surface area contributed by atoms with Crippen molar-refractivity contribution in [2.24, 2.45) is 0 Å². The minimum atomic E-state index is -3.77. The van der Waals surface area contributed by atoms with Crippen LogP contribution in [0.1, 0.15) is 62.0 Å². The lowest BCUT2D eigenvalue weighted by Gasteiger charge is -2.40. The smallest absolute Gasteiger partial charge is 0.395 e. The maximum Gasteiger partial charge on any atom is 0.586 e. The monoisotopic (exact) mass is 616 g/mol. The lowest BCUT2D eigenvalue weighted by molar-refractivity contribution is -0.892. The van der Waals surface area contributed by atoms with E-state index < -0.39 is 49.2 Å². The maximum atomic E-state index is 15.1. The Balaban J connectivity index is 1.47. The molecule has 42 heavy (non-hydrogen) atoms. The molecule has 3 heterocycles. The first-order valence-corrected chi connectivity index (χ1v) is 14.1. The van der Waals surface area contributed by atoms with Gasteiger partial charge in [0.05, 0.1) is 23.6 Å². The summed E-state index contributed by atoms with van der Waals surface area (Å²) in [5.41, 5.74) is 1.02. The van der Waals surface area contributed by atoms with E-state index in [0.29, 0.717) is 10.5 Å². The van der Waals surface area contributed by atoms with Crippen LogP contribution in [0, 0.1) is 0 Å². The summed E-state index contributed by atoms with van der Waals surface area (Å²) in [6, 6.07) is 4.89. The lowest BCUT2D eigenvalue weighted by atomic mass is 9.86. The number of aliphatic hydroxyl groups excluding tert-OH is 2. The number of thioether (sulfide) groups is 1. The summed E-state index contributed by atoms with van der Waals surface area (Å²) in [6.45, 7) is 8.42. The van der Waals surface area contributed by atoms with Crippen LogP contribution in [0.2, 0.25) is 0 Å². The highest BCUT2D eigenvalue weighted by Crippen LogP contribution is 2.47. The van der Waals surface area contributed by atoms with Crippen LogP contribution in [-0.2, 0) is 4.79 Å². The molecule has 1 saturated heterocycles. The van der Waals surface area contributed by atoms with E-state index in [2.05, 4.69) is 21.4 Å². The van der Waals surface area contributed by atoms with Gasteiger partial charge in [0.25, 0.3) is 11.6 Å². The molecule has 0 radical (unpaired) electrons. The zero-order valence-electron chi connectivity index (χ0n) is 23.6. The van der Waals surface area contributed by atoms with Gasteiger partial charge in [-0.25, -0.2) is 8.78 Å². The molecule has 0 spiro atoms. The van der Waals surface area contributed by atoms with Crippen LogP contribution in [0.25, 0.3) is 0 Å². The number of nitrogens with zero attached hydrogens (tertiary/aromatic N) is 2. The third kappa shape index (κ3) is 6.77. The molecule has 2 aromatic rings. The number of aliphatic hydroxyl groups is 2. The second-order valence-corrected chi connectivity index (χ2v) is 11.6. The van der Waals surface area contributed by atoms with Crippen molar-refractivity contribution in [3.63, 3.8) is 0 Å². The van der Waals surface area contributed by atoms with E-state index in [9.17, 15) is 23.8 Å². The van der Waals surface area contributed by atoms with Crippen molar-refractivity contribution in [3.8, 4) is 11.5 Å². The molecule has 1 aromatic carbocycles. The largest absolute Gasteiger partial charge is 0.586 e. The Labute approximate surface area is 245 Å². The van der Waals surface area contributed by atoms with Gasteiger partial charge in [0.1, 0.15) is 7.11 Å². The van der Waals surface area contributed by atoms with E-state index in [1.54, 1.807) is 11.8 Å². The normalized spacial score (nSPS) is 20.7. The van der Waals surface area contributed by atoms with Crippen molar-refractivity contribution in [1.82, 2.24) is 10.2 Å². The van der Waals surface area contributed by atoms with E-state index in [1.807, 2.05) is 13.8 Å². The van der Waals surface area contributed by atoms with Crippen molar-refractivity contribution in [1.29, 1.82) is 0 Å². The van der Waals surface area contributed by atoms with Gasteiger partial charge in [-0.2, -0.15) is 0 Å². The Morgan fingerprint density at radius 2 is 1.90 bits per heavy atom. The van der Waals surface area contributed by atoms with Gasteiger partial charge in [-0.1, -0.05) is 32.2 Å². The average Bonchev–Trinajstić information content (AvgIpc) is 3.23. The molecule has 2 aliphatic heterocycles. The SMILES string of the molecule is C=C(NC(=O)C(C)N1CCC(F)(F)C(c2cc[n+](OC)c(C(O)CO)c2)C1)Sc1cc2c(cc1C(C)C)OC(F)(F)O2. The Kier molecular flexibility index (Phi) is 9.31. The molecule has 3 unspecified atom stereocenters. The fourth-order valence-electron chi connectivity index (χ4n) is 4.97. The number of fused-ring (bicyclic) bond motifs is 1. The molecule has 9 nitrogen and oxygen atoms in total. The molecule has 0 bridgehead atoms. The number of amides is 1. The third-order valence-corrected chi connectivity index (χ3v) is 8.24. The highest BCUT2D eigenvalue weighted by Gasteiger charge is 2.47. The Morgan fingerprint density at radius 1 is 1.24 bits per heavy atom. The minimum Gasteiger partial charge on any atom is -0.395 e. The average molecular weight is 617 g/mol. The number of hydrogen-bond acceptors (Lipinski definition) is 8. The molecular formula is C28H34F4N3O6S+. The first-order valence-electron chi connectivity index (χ1n) is 13.3. The molecule has 1 fully saturated rings. The van der Waals surface area contributed by atoms with E-state index in [-0.39, 0.29) is 46.8 Å². The van der Waals surface area contributed by atoms with Crippen LogP contribution in [-0.4, -0.2) is 66.1 Å². The Bertz CT molecular complexity index is 1340. The van der Waals surface area contributed by atoms with Crippen molar-refractivity contribution in [3.05, 3.63) is 58.9 Å². The zero-order valence-corrected chi connectivity index (χ0v) is 24.4. The predicted octanol–water partition coefficient (Wildman–Crippen LogP) is 3.70. The second kappa shape index (κ2) is 12.3. The summed E-state index contributed by atoms with van der Waals surface area (Å²) < 4.78 is 67.7. The number of hydrogen-bond donors (Lipinski definition) is 3. The minimum absolute atomic E-state index is 0.0391. The standard InChI is InChI=1S/C28H33F4N3O6S/c1-15(2)19-11-23-24(41-28(31,32)40-23)12-25(19)42-17(4)33-26(38)16(3)34-9-7-27(29,30)20(13-34)18-6-8-35(39-5)21(10-18)22(37)14-36/h6,8,10-12,15-16,20,22,36-37H,4,7,9,13-14H2,1-3,5H3/p+1. The number of aromatic nitrogens is 1. The molecular weight excluding hydrogens is 582 g/mol. The fraction of sp³-hybridized carbons (Fsp3) is 0.500. The maximum absolute atomic E-state index is 15.1. The van der Waals surface area contributed by atoms with E-state index in [1.165, 1.54) is 42.3 Å². The summed E-state index contributed by atoms with van der Waals surface area (Å²) in [5.74, 6) is -5.14. The van der Waals surface area contributed by atoms with Crippen molar-refractivity contribution in [2.45, 2.75) is 68.3 Å². The fourth-order valence-corrected chi connectivity index (χ4v) is 5.96. The van der Waals surface area contributed by atoms with Gasteiger partial charge in [-0.3, -0.25) is 14.5 Å². The van der Waals surface area contributed by atoms with Crippen LogP contribution in [0.5, 0.6) is 11.5 Å². The number of rotatable bonds is 10. The molecule has 3 atom stereocenters. The molecule has 3 N–H and O–H groups in total. The topological polar surface area (TPSA) is 104 Å². The molecule has 1 amide bonds. The number of halogens is 4. The van der Waals surface area contributed by atoms with Gasteiger partial charge in [0.2, 0.25) is 12.1 Å². The molecule has 2 aliphatic rings. The van der Waals surface area contributed by atoms with E-state index in [4.69, 9.17) is 4.84 Å². The van der Waals surface area contributed by atoms with Crippen molar-refractivity contribution in [2.75, 3.05) is 26.8 Å². The van der Waals surface area contributed by atoms with Gasteiger partial charge in [-0.15, -0.1) is 8.78 Å². The van der Waals surface area contributed by atoms with Gasteiger partial charge in [-0.05, 0) is 36.1 Å². The Hall–Kier alpha value is -3.07. The van der Waals surface area contributed by atoms with E-state index >= 15 is 8.78 Å². The number of ether oxygens (including phenoxy) is 2. The highest BCUT2D eigenvalue weighted by atomic mass is 32.2. The number of alkyl halides is 4. The van der Waals surface area contributed by atoms with Crippen molar-refractivity contribution >= 4 is 17.7 Å². The first-order chi connectivity index (χ1) is 19.7. The first kappa shape index (κ1) is 31.9. The second-order valence-electron chi connectivity index (χ2n) is 10.5. The third-order valence-electron chi connectivity index (χ3n) is 7.32. The molecule has 1 aromatic heterocycles. The van der Waals surface area contributed by atoms with Gasteiger partial charge in [0.15, 0.2) is 17.6 Å². The molecule has 14 heteroatoms. The number of carbonyl (C=O) groups excluding carboxylic acids is 1. The zero-order chi connectivity index (χ0) is 31.0. The molecule has 0 aliphatic carbocycles. The lowest BCUT2D eigenvalue weighted by Crippen LogP contribution is -2.53. The van der Waals surface area contributed by atoms with Gasteiger partial charge >= 0.3 is 6.29 Å². The number of likely N-dealkylation sites (tertiary alicyclic amines) is 1. The van der Waals surface area contributed by atoms with Crippen LogP contribution in [0.3, 0.4) is 0 Å². The van der Waals surface area contributed by atoms with Crippen molar-refractivity contribution < 1.29 is 51.6 Å². The number of piperidine rings is 1. The summed E-state index contributed by atoms with van der Waals surface area (Å²) in [5, 5.41) is 22.5. The number of nitrogens with one attached hydrogen (secondary N) is 1. The molecule has 230 valence electrons. The van der Waals surface area contributed by atoms with Gasteiger partial charge < -0.3 is 25.0 Å². The summed E-state index contributed by atoms with van der Waals surface area (Å²) >= 11 is 1.06. The van der Waals surface area contributed by atoms with Crippen LogP contribution in [0.15, 0.2) is 47.0 Å². The quantitative estimate of drug-likeness (QED) is 0.211. The number of benzene rings is 1. The van der Waals surface area contributed by atoms with Gasteiger partial charge in [0, 0.05) is 41.3 Å². The predicted molar refractivity (Wildman–Crippen MR) is 144 cm³/mol. The molecule has 4 rings (SSSR count). The summed E-state index contributed by atoms with van der Waals surface area (Å²) in [6.07, 6.45) is -4.22. The number of pyridine rings is 1. The number of carbonyl (C=O) groups is 1. The molecule has 0 saturated carbocycles. The van der Waals surface area contributed by atoms with E-state index in [0.717, 1.165) is 11.8 Å². The Morgan fingerprint density at radius 3 is 2.52 bits per heavy atom.